The number of aliphatic hydroxyl groups is 1. The largest absolute Gasteiger partial charge is 0.392 e. The Morgan fingerprint density at radius 3 is 2.59 bits per heavy atom. The van der Waals surface area contributed by atoms with E-state index in [9.17, 15) is 5.11 Å². The summed E-state index contributed by atoms with van der Waals surface area (Å²) in [6, 6.07) is 10.2. The highest BCUT2D eigenvalue weighted by Gasteiger charge is 2.52. The second kappa shape index (κ2) is 3.69. The van der Waals surface area contributed by atoms with Crippen molar-refractivity contribution in [2.45, 2.75) is 31.7 Å². The maximum atomic E-state index is 10.3. The van der Waals surface area contributed by atoms with Gasteiger partial charge in [-0.1, -0.05) is 50.3 Å². The maximum Gasteiger partial charge on any atom is 0.117 e. The number of hydrogen-bond acceptors (Lipinski definition) is 2. The molecule has 0 spiro atoms. The molecule has 0 aliphatic carbocycles. The first kappa shape index (κ1) is 11.0. The summed E-state index contributed by atoms with van der Waals surface area (Å²) >= 11 is 0. The Morgan fingerprint density at radius 2 is 1.88 bits per heavy atom. The average molecular weight is 230 g/mol. The van der Waals surface area contributed by atoms with Gasteiger partial charge in [0.05, 0.1) is 12.2 Å². The molecule has 2 bridgehead atoms. The van der Waals surface area contributed by atoms with Gasteiger partial charge in [0, 0.05) is 11.8 Å². The molecule has 3 rings (SSSR count). The first-order valence-electron chi connectivity index (χ1n) is 6.26. The molecule has 0 aromatic heterocycles. The predicted molar refractivity (Wildman–Crippen MR) is 66.5 cm³/mol. The number of aliphatic hydroxyl groups excluding tert-OH is 1. The van der Waals surface area contributed by atoms with Crippen LogP contribution < -0.4 is 0 Å². The highest BCUT2D eigenvalue weighted by atomic mass is 16.5. The lowest BCUT2D eigenvalue weighted by molar-refractivity contribution is -0.176. The first-order valence-corrected chi connectivity index (χ1v) is 6.26. The quantitative estimate of drug-likeness (QED) is 0.751. The second-order valence-corrected chi connectivity index (χ2v) is 5.24. The molecule has 5 atom stereocenters. The van der Waals surface area contributed by atoms with Gasteiger partial charge in [0.1, 0.15) is 5.60 Å². The molecular weight excluding hydrogens is 212 g/mol. The minimum absolute atomic E-state index is 0.0430. The van der Waals surface area contributed by atoms with E-state index in [4.69, 9.17) is 4.74 Å². The fourth-order valence-corrected chi connectivity index (χ4v) is 3.11. The lowest BCUT2D eigenvalue weighted by atomic mass is 9.75. The third-order valence-corrected chi connectivity index (χ3v) is 4.34. The summed E-state index contributed by atoms with van der Waals surface area (Å²) in [7, 11) is 0. The molecule has 1 saturated heterocycles. The molecule has 90 valence electrons. The topological polar surface area (TPSA) is 29.5 Å². The highest BCUT2D eigenvalue weighted by Crippen LogP contribution is 2.49. The van der Waals surface area contributed by atoms with Crippen molar-refractivity contribution >= 4 is 0 Å². The van der Waals surface area contributed by atoms with Crippen molar-refractivity contribution in [3.63, 3.8) is 0 Å². The van der Waals surface area contributed by atoms with Crippen molar-refractivity contribution < 1.29 is 9.84 Å². The van der Waals surface area contributed by atoms with E-state index in [1.807, 2.05) is 18.2 Å². The Hall–Kier alpha value is -1.12. The van der Waals surface area contributed by atoms with Crippen molar-refractivity contribution in [2.24, 2.45) is 11.8 Å². The molecule has 1 aromatic rings. The van der Waals surface area contributed by atoms with E-state index in [2.05, 4.69) is 38.1 Å². The van der Waals surface area contributed by atoms with Gasteiger partial charge in [-0.2, -0.15) is 0 Å². The van der Waals surface area contributed by atoms with Gasteiger partial charge in [0.25, 0.3) is 0 Å². The molecule has 2 aliphatic heterocycles. The molecule has 0 radical (unpaired) electrons. The van der Waals surface area contributed by atoms with Crippen LogP contribution >= 0.6 is 0 Å². The molecule has 1 aromatic carbocycles. The summed E-state index contributed by atoms with van der Waals surface area (Å²) in [5.74, 6) is 0.246. The van der Waals surface area contributed by atoms with E-state index in [-0.39, 0.29) is 24.0 Å². The Labute approximate surface area is 102 Å². The van der Waals surface area contributed by atoms with Crippen LogP contribution in [0.1, 0.15) is 19.4 Å². The molecule has 1 fully saturated rings. The van der Waals surface area contributed by atoms with Crippen LogP contribution in [0.15, 0.2) is 42.5 Å². The SMILES string of the molecule is C[C@H]1[C@@H](O)[C@@H](C)[C@@]2(c3ccccc3)C=C[C@@H]1O2. The summed E-state index contributed by atoms with van der Waals surface area (Å²) in [5, 5.41) is 10.3. The fourth-order valence-electron chi connectivity index (χ4n) is 3.11. The van der Waals surface area contributed by atoms with Gasteiger partial charge in [-0.25, -0.2) is 0 Å². The predicted octanol–water partition coefficient (Wildman–Crippen LogP) is 2.48. The lowest BCUT2D eigenvalue weighted by Crippen LogP contribution is -2.50. The maximum absolute atomic E-state index is 10.3. The zero-order chi connectivity index (χ0) is 12.0. The van der Waals surface area contributed by atoms with Gasteiger partial charge < -0.3 is 9.84 Å². The van der Waals surface area contributed by atoms with Crippen LogP contribution in [0.4, 0.5) is 0 Å². The number of rotatable bonds is 1. The van der Waals surface area contributed by atoms with E-state index in [0.717, 1.165) is 5.56 Å². The molecule has 1 N–H and O–H groups in total. The number of fused-ring (bicyclic) bond motifs is 2. The van der Waals surface area contributed by atoms with Crippen LogP contribution in [-0.2, 0) is 10.3 Å². The molecule has 0 saturated carbocycles. The highest BCUT2D eigenvalue weighted by molar-refractivity contribution is 5.34. The van der Waals surface area contributed by atoms with Gasteiger partial charge in [0.2, 0.25) is 0 Å². The van der Waals surface area contributed by atoms with Crippen LogP contribution in [-0.4, -0.2) is 17.3 Å². The normalized spacial score (nSPS) is 43.9. The zero-order valence-electron chi connectivity index (χ0n) is 10.2. The van der Waals surface area contributed by atoms with Crippen molar-refractivity contribution in [3.05, 3.63) is 48.0 Å². The zero-order valence-corrected chi connectivity index (χ0v) is 10.2. The van der Waals surface area contributed by atoms with Crippen molar-refractivity contribution in [1.82, 2.24) is 0 Å². The summed E-state index contributed by atoms with van der Waals surface area (Å²) in [6.07, 6.45) is 3.96. The van der Waals surface area contributed by atoms with Crippen molar-refractivity contribution in [3.8, 4) is 0 Å². The van der Waals surface area contributed by atoms with Crippen LogP contribution in [0.25, 0.3) is 0 Å². The van der Waals surface area contributed by atoms with Crippen molar-refractivity contribution in [1.29, 1.82) is 0 Å². The van der Waals surface area contributed by atoms with Crippen LogP contribution in [0, 0.1) is 11.8 Å². The van der Waals surface area contributed by atoms with Gasteiger partial charge in [-0.3, -0.25) is 0 Å². The molecule has 0 amide bonds. The minimum atomic E-state index is -0.433. The van der Waals surface area contributed by atoms with E-state index in [0.29, 0.717) is 0 Å². The Morgan fingerprint density at radius 1 is 1.18 bits per heavy atom. The molecule has 17 heavy (non-hydrogen) atoms. The van der Waals surface area contributed by atoms with Crippen LogP contribution in [0.2, 0.25) is 0 Å². The number of hydrogen-bond donors (Lipinski definition) is 1. The van der Waals surface area contributed by atoms with Gasteiger partial charge in [0.15, 0.2) is 0 Å². The van der Waals surface area contributed by atoms with E-state index in [1.54, 1.807) is 0 Å². The van der Waals surface area contributed by atoms with Crippen LogP contribution in [0.5, 0.6) is 0 Å². The summed E-state index contributed by atoms with van der Waals surface area (Å²) in [6.45, 7) is 4.12. The number of benzene rings is 1. The third-order valence-electron chi connectivity index (χ3n) is 4.34. The lowest BCUT2D eigenvalue weighted by Gasteiger charge is -2.45. The third kappa shape index (κ3) is 1.41. The van der Waals surface area contributed by atoms with Gasteiger partial charge >= 0.3 is 0 Å². The minimum Gasteiger partial charge on any atom is -0.392 e. The van der Waals surface area contributed by atoms with E-state index in [1.165, 1.54) is 0 Å². The monoisotopic (exact) mass is 230 g/mol. The van der Waals surface area contributed by atoms with Gasteiger partial charge in [-0.05, 0) is 11.6 Å². The smallest absolute Gasteiger partial charge is 0.117 e. The Kier molecular flexibility index (Phi) is 2.39. The average Bonchev–Trinajstić information content (AvgIpc) is 2.79. The Balaban J connectivity index is 2.07. The molecule has 2 heterocycles. The Bertz CT molecular complexity index is 439. The molecule has 2 aliphatic rings. The number of ether oxygens (including phenoxy) is 1. The van der Waals surface area contributed by atoms with Crippen molar-refractivity contribution in [2.75, 3.05) is 0 Å². The fraction of sp³-hybridized carbons (Fsp3) is 0.467. The second-order valence-electron chi connectivity index (χ2n) is 5.24. The molecule has 2 nitrogen and oxygen atoms in total. The van der Waals surface area contributed by atoms with Gasteiger partial charge in [-0.15, -0.1) is 0 Å². The standard InChI is InChI=1S/C15H18O2/c1-10-13-8-9-15(17-13,11(2)14(10)16)12-6-4-3-5-7-12/h3-11,13-14,16H,1-2H3/t10-,11-,13+,14-,15-/m1/s1. The molecule has 0 unspecified atom stereocenters. The summed E-state index contributed by atoms with van der Waals surface area (Å²) in [5.41, 5.74) is 0.704. The summed E-state index contributed by atoms with van der Waals surface area (Å²) < 4.78 is 6.19. The van der Waals surface area contributed by atoms with Crippen LogP contribution in [0.3, 0.4) is 0 Å². The molecule has 2 heteroatoms. The first-order chi connectivity index (χ1) is 8.15. The van der Waals surface area contributed by atoms with E-state index < -0.39 is 5.60 Å². The molecular formula is C15H18O2. The summed E-state index contributed by atoms with van der Waals surface area (Å²) in [4.78, 5) is 0. The van der Waals surface area contributed by atoms with E-state index >= 15 is 0 Å².